The Bertz CT molecular complexity index is 873. The molecule has 0 aromatic heterocycles. The Balaban J connectivity index is 2.10. The van der Waals surface area contributed by atoms with Crippen LogP contribution in [0.4, 0.5) is 11.4 Å². The van der Waals surface area contributed by atoms with Crippen LogP contribution in [0.2, 0.25) is 0 Å². The van der Waals surface area contributed by atoms with E-state index in [9.17, 15) is 18.0 Å². The highest BCUT2D eigenvalue weighted by atomic mass is 32.2. The van der Waals surface area contributed by atoms with E-state index >= 15 is 0 Å². The van der Waals surface area contributed by atoms with Gasteiger partial charge in [0.05, 0.1) is 4.90 Å². The fourth-order valence-corrected chi connectivity index (χ4v) is 2.93. The maximum Gasteiger partial charge on any atom is 0.255 e. The first-order valence-electron chi connectivity index (χ1n) is 7.42. The molecule has 0 radical (unpaired) electrons. The van der Waals surface area contributed by atoms with E-state index in [4.69, 9.17) is 0 Å². The molecule has 0 aliphatic heterocycles. The third kappa shape index (κ3) is 4.65. The second-order valence-corrected chi connectivity index (χ2v) is 7.68. The maximum atomic E-state index is 12.2. The summed E-state index contributed by atoms with van der Waals surface area (Å²) >= 11 is 0. The minimum atomic E-state index is -3.53. The first kappa shape index (κ1) is 18.6. The van der Waals surface area contributed by atoms with Crippen molar-refractivity contribution in [3.05, 3.63) is 54.1 Å². The summed E-state index contributed by atoms with van der Waals surface area (Å²) in [6.45, 7) is 1.41. The molecule has 25 heavy (non-hydrogen) atoms. The highest BCUT2D eigenvalue weighted by Gasteiger charge is 2.17. The first-order chi connectivity index (χ1) is 11.7. The number of nitrogens with one attached hydrogen (secondary N) is 2. The summed E-state index contributed by atoms with van der Waals surface area (Å²) in [5, 5.41) is 5.34. The lowest BCUT2D eigenvalue weighted by Gasteiger charge is -2.12. The van der Waals surface area contributed by atoms with Crippen LogP contribution >= 0.6 is 0 Å². The third-order valence-electron chi connectivity index (χ3n) is 3.36. The van der Waals surface area contributed by atoms with Crippen LogP contribution in [0.1, 0.15) is 17.3 Å². The molecule has 0 bridgehead atoms. The zero-order valence-corrected chi connectivity index (χ0v) is 14.9. The number of sulfonamides is 1. The number of carbonyl (C=O) groups is 2. The van der Waals surface area contributed by atoms with Crippen molar-refractivity contribution in [2.45, 2.75) is 11.8 Å². The molecule has 2 aromatic carbocycles. The van der Waals surface area contributed by atoms with Crippen LogP contribution < -0.4 is 10.6 Å². The number of hydrogen-bond donors (Lipinski definition) is 2. The topological polar surface area (TPSA) is 95.6 Å². The van der Waals surface area contributed by atoms with Crippen LogP contribution in [0.25, 0.3) is 0 Å². The minimum absolute atomic E-state index is 0.119. The van der Waals surface area contributed by atoms with Gasteiger partial charge >= 0.3 is 0 Å². The van der Waals surface area contributed by atoms with E-state index in [0.717, 1.165) is 4.31 Å². The minimum Gasteiger partial charge on any atom is -0.326 e. The molecule has 0 saturated heterocycles. The summed E-state index contributed by atoms with van der Waals surface area (Å²) in [6, 6.07) is 12.4. The molecule has 0 aliphatic carbocycles. The van der Waals surface area contributed by atoms with E-state index in [1.165, 1.54) is 45.3 Å². The molecular weight excluding hydrogens is 342 g/mol. The lowest BCUT2D eigenvalue weighted by atomic mass is 10.2. The number of benzene rings is 2. The van der Waals surface area contributed by atoms with Gasteiger partial charge in [-0.2, -0.15) is 0 Å². The van der Waals surface area contributed by atoms with Gasteiger partial charge in [-0.1, -0.05) is 0 Å². The van der Waals surface area contributed by atoms with Gasteiger partial charge in [-0.25, -0.2) is 12.7 Å². The molecule has 0 heterocycles. The lowest BCUT2D eigenvalue weighted by molar-refractivity contribution is -0.114. The summed E-state index contributed by atoms with van der Waals surface area (Å²) in [7, 11) is -0.636. The summed E-state index contributed by atoms with van der Waals surface area (Å²) in [6.07, 6.45) is 0. The predicted molar refractivity (Wildman–Crippen MR) is 96.0 cm³/mol. The van der Waals surface area contributed by atoms with E-state index in [-0.39, 0.29) is 16.7 Å². The highest BCUT2D eigenvalue weighted by Crippen LogP contribution is 2.17. The Morgan fingerprint density at radius 1 is 0.840 bits per heavy atom. The zero-order valence-electron chi connectivity index (χ0n) is 14.1. The van der Waals surface area contributed by atoms with Crippen molar-refractivity contribution >= 4 is 33.2 Å². The molecular formula is C17H19N3O4S. The van der Waals surface area contributed by atoms with Gasteiger partial charge < -0.3 is 10.6 Å². The van der Waals surface area contributed by atoms with Gasteiger partial charge in [-0.15, -0.1) is 0 Å². The molecule has 2 N–H and O–H groups in total. The molecule has 2 rings (SSSR count). The highest BCUT2D eigenvalue weighted by molar-refractivity contribution is 7.89. The smallest absolute Gasteiger partial charge is 0.255 e. The molecule has 0 spiro atoms. The summed E-state index contributed by atoms with van der Waals surface area (Å²) < 4.78 is 25.1. The summed E-state index contributed by atoms with van der Waals surface area (Å²) in [5.41, 5.74) is 1.52. The van der Waals surface area contributed by atoms with Gasteiger partial charge in [0, 0.05) is 38.0 Å². The largest absolute Gasteiger partial charge is 0.326 e. The molecule has 0 atom stereocenters. The van der Waals surface area contributed by atoms with E-state index in [2.05, 4.69) is 10.6 Å². The first-order valence-corrected chi connectivity index (χ1v) is 8.86. The van der Waals surface area contributed by atoms with E-state index in [0.29, 0.717) is 16.9 Å². The zero-order chi connectivity index (χ0) is 18.6. The summed E-state index contributed by atoms with van der Waals surface area (Å²) in [5.74, 6) is -0.536. The second-order valence-electron chi connectivity index (χ2n) is 5.52. The SMILES string of the molecule is CC(=O)Nc1ccc(NC(=O)c2ccc(S(=O)(=O)N(C)C)cc2)cc1. The van der Waals surface area contributed by atoms with E-state index in [1.54, 1.807) is 24.3 Å². The molecule has 7 nitrogen and oxygen atoms in total. The number of rotatable bonds is 5. The van der Waals surface area contributed by atoms with Crippen LogP contribution in [0.3, 0.4) is 0 Å². The second kappa shape index (κ2) is 7.45. The van der Waals surface area contributed by atoms with Crippen LogP contribution in [-0.4, -0.2) is 38.6 Å². The summed E-state index contributed by atoms with van der Waals surface area (Å²) in [4.78, 5) is 23.3. The van der Waals surface area contributed by atoms with Gasteiger partial charge in [0.1, 0.15) is 0 Å². The number of nitrogens with zero attached hydrogens (tertiary/aromatic N) is 1. The molecule has 0 aliphatic rings. The molecule has 0 fully saturated rings. The average molecular weight is 361 g/mol. The Morgan fingerprint density at radius 2 is 1.32 bits per heavy atom. The molecule has 8 heteroatoms. The van der Waals surface area contributed by atoms with Gasteiger partial charge in [0.15, 0.2) is 0 Å². The quantitative estimate of drug-likeness (QED) is 0.853. The van der Waals surface area contributed by atoms with E-state index in [1.807, 2.05) is 0 Å². The average Bonchev–Trinajstić information content (AvgIpc) is 2.56. The van der Waals surface area contributed by atoms with Crippen LogP contribution in [0.15, 0.2) is 53.4 Å². The number of hydrogen-bond acceptors (Lipinski definition) is 4. The number of amides is 2. The van der Waals surface area contributed by atoms with Gasteiger partial charge in [-0.05, 0) is 48.5 Å². The molecule has 132 valence electrons. The van der Waals surface area contributed by atoms with Crippen molar-refractivity contribution in [1.82, 2.24) is 4.31 Å². The van der Waals surface area contributed by atoms with Crippen LogP contribution in [0, 0.1) is 0 Å². The van der Waals surface area contributed by atoms with E-state index < -0.39 is 10.0 Å². The van der Waals surface area contributed by atoms with Crippen molar-refractivity contribution in [2.24, 2.45) is 0 Å². The Labute approximate surface area is 146 Å². The monoisotopic (exact) mass is 361 g/mol. The fourth-order valence-electron chi connectivity index (χ4n) is 2.03. The maximum absolute atomic E-state index is 12.2. The van der Waals surface area contributed by atoms with Crippen molar-refractivity contribution < 1.29 is 18.0 Å². The molecule has 0 saturated carbocycles. The molecule has 0 unspecified atom stereocenters. The normalized spacial score (nSPS) is 11.2. The fraction of sp³-hybridized carbons (Fsp3) is 0.176. The predicted octanol–water partition coefficient (Wildman–Crippen LogP) is 2.15. The Hall–Kier alpha value is -2.71. The Kier molecular flexibility index (Phi) is 5.55. The van der Waals surface area contributed by atoms with Gasteiger partial charge in [0.2, 0.25) is 15.9 Å². The third-order valence-corrected chi connectivity index (χ3v) is 5.19. The number of anilines is 2. The van der Waals surface area contributed by atoms with Gasteiger partial charge in [-0.3, -0.25) is 9.59 Å². The Morgan fingerprint density at radius 3 is 1.76 bits per heavy atom. The van der Waals surface area contributed by atoms with Crippen molar-refractivity contribution in [3.63, 3.8) is 0 Å². The molecule has 2 amide bonds. The number of carbonyl (C=O) groups excluding carboxylic acids is 2. The van der Waals surface area contributed by atoms with Crippen LogP contribution in [0.5, 0.6) is 0 Å². The standard InChI is InChI=1S/C17H19N3O4S/c1-12(21)18-14-6-8-15(9-7-14)19-17(22)13-4-10-16(11-5-13)25(23,24)20(2)3/h4-11H,1-3H3,(H,18,21)(H,19,22). The molecule has 2 aromatic rings. The lowest BCUT2D eigenvalue weighted by Crippen LogP contribution is -2.22. The van der Waals surface area contributed by atoms with Crippen molar-refractivity contribution in [2.75, 3.05) is 24.7 Å². The van der Waals surface area contributed by atoms with Crippen LogP contribution in [-0.2, 0) is 14.8 Å². The van der Waals surface area contributed by atoms with Crippen molar-refractivity contribution in [3.8, 4) is 0 Å². The van der Waals surface area contributed by atoms with Gasteiger partial charge in [0.25, 0.3) is 5.91 Å². The van der Waals surface area contributed by atoms with Crippen molar-refractivity contribution in [1.29, 1.82) is 0 Å².